The Bertz CT molecular complexity index is 799. The standard InChI is InChI=1S/C23H32N4O2/c1-24(2)20-11-9-19(10-12-20)17-25(3)23(28)18-26-13-15-27(16-14-26)21-7-5-6-8-22(21)29-4/h5-12H,13-18H2,1-4H3/p+1. The third-order valence-electron chi connectivity index (χ3n) is 5.60. The Hall–Kier alpha value is -2.73. The molecule has 0 bridgehead atoms. The molecule has 0 unspecified atom stereocenters. The lowest BCUT2D eigenvalue weighted by molar-refractivity contribution is -0.892. The van der Waals surface area contributed by atoms with Crippen LogP contribution in [0.5, 0.6) is 5.75 Å². The number of piperazine rings is 1. The molecule has 0 atom stereocenters. The van der Waals surface area contributed by atoms with Crippen LogP contribution in [0.25, 0.3) is 0 Å². The number of benzene rings is 2. The Balaban J connectivity index is 1.48. The second-order valence-electron chi connectivity index (χ2n) is 7.90. The van der Waals surface area contributed by atoms with Crippen molar-refractivity contribution in [2.75, 3.05) is 70.8 Å². The number of quaternary nitrogens is 1. The van der Waals surface area contributed by atoms with Crippen molar-refractivity contribution in [3.05, 3.63) is 54.1 Å². The van der Waals surface area contributed by atoms with Crippen LogP contribution >= 0.6 is 0 Å². The van der Waals surface area contributed by atoms with Crippen molar-refractivity contribution in [1.29, 1.82) is 0 Å². The van der Waals surface area contributed by atoms with E-state index in [1.54, 1.807) is 7.11 Å². The van der Waals surface area contributed by atoms with Gasteiger partial charge in [0.15, 0.2) is 6.54 Å². The Morgan fingerprint density at radius 3 is 2.31 bits per heavy atom. The van der Waals surface area contributed by atoms with Gasteiger partial charge >= 0.3 is 0 Å². The largest absolute Gasteiger partial charge is 0.495 e. The zero-order valence-electron chi connectivity index (χ0n) is 18.0. The summed E-state index contributed by atoms with van der Waals surface area (Å²) in [7, 11) is 7.66. The third kappa shape index (κ3) is 5.41. The SMILES string of the molecule is COc1ccccc1N1CC[NH+](CC(=O)N(C)Cc2ccc(N(C)C)cc2)CC1. The number of hydrogen-bond donors (Lipinski definition) is 1. The van der Waals surface area contributed by atoms with Crippen molar-refractivity contribution < 1.29 is 14.4 Å². The fourth-order valence-electron chi connectivity index (χ4n) is 3.74. The highest BCUT2D eigenvalue weighted by molar-refractivity contribution is 5.76. The summed E-state index contributed by atoms with van der Waals surface area (Å²) in [5, 5.41) is 0. The third-order valence-corrected chi connectivity index (χ3v) is 5.60. The van der Waals surface area contributed by atoms with E-state index >= 15 is 0 Å². The predicted octanol–water partition coefficient (Wildman–Crippen LogP) is 1.12. The number of carbonyl (C=O) groups is 1. The zero-order valence-corrected chi connectivity index (χ0v) is 18.0. The number of hydrogen-bond acceptors (Lipinski definition) is 4. The number of likely N-dealkylation sites (N-methyl/N-ethyl adjacent to an activating group) is 1. The molecular formula is C23H33N4O2+. The summed E-state index contributed by atoms with van der Waals surface area (Å²) in [6.45, 7) is 4.96. The highest BCUT2D eigenvalue weighted by Crippen LogP contribution is 2.27. The molecule has 1 aliphatic rings. The van der Waals surface area contributed by atoms with E-state index in [4.69, 9.17) is 4.74 Å². The zero-order chi connectivity index (χ0) is 20.8. The molecule has 2 aromatic rings. The summed E-state index contributed by atoms with van der Waals surface area (Å²) in [5.74, 6) is 1.11. The van der Waals surface area contributed by atoms with Gasteiger partial charge in [-0.05, 0) is 29.8 Å². The van der Waals surface area contributed by atoms with Gasteiger partial charge in [0.05, 0.1) is 39.0 Å². The number of nitrogens with zero attached hydrogens (tertiary/aromatic N) is 3. The van der Waals surface area contributed by atoms with E-state index in [1.807, 2.05) is 44.2 Å². The molecular weight excluding hydrogens is 364 g/mol. The van der Waals surface area contributed by atoms with Crippen LogP contribution in [-0.2, 0) is 11.3 Å². The minimum Gasteiger partial charge on any atom is -0.495 e. The molecule has 0 aliphatic carbocycles. The molecule has 6 heteroatoms. The van der Waals surface area contributed by atoms with Crippen LogP contribution in [0.1, 0.15) is 5.56 Å². The van der Waals surface area contributed by atoms with Crippen molar-refractivity contribution in [3.8, 4) is 5.75 Å². The van der Waals surface area contributed by atoms with Crippen LogP contribution in [0.2, 0.25) is 0 Å². The van der Waals surface area contributed by atoms with Gasteiger partial charge in [-0.2, -0.15) is 0 Å². The first-order valence-corrected chi connectivity index (χ1v) is 10.2. The van der Waals surface area contributed by atoms with Crippen LogP contribution in [0.4, 0.5) is 11.4 Å². The number of amides is 1. The molecule has 1 amide bonds. The highest BCUT2D eigenvalue weighted by Gasteiger charge is 2.25. The molecule has 0 saturated carbocycles. The quantitative estimate of drug-likeness (QED) is 0.760. The second kappa shape index (κ2) is 9.65. The van der Waals surface area contributed by atoms with Gasteiger partial charge in [-0.1, -0.05) is 24.3 Å². The maximum Gasteiger partial charge on any atom is 0.277 e. The fourth-order valence-corrected chi connectivity index (χ4v) is 3.74. The second-order valence-corrected chi connectivity index (χ2v) is 7.90. The smallest absolute Gasteiger partial charge is 0.277 e. The highest BCUT2D eigenvalue weighted by atomic mass is 16.5. The van der Waals surface area contributed by atoms with E-state index in [0.717, 1.165) is 43.2 Å². The van der Waals surface area contributed by atoms with Crippen LogP contribution < -0.4 is 19.4 Å². The van der Waals surface area contributed by atoms with E-state index in [-0.39, 0.29) is 5.91 Å². The number of rotatable bonds is 7. The lowest BCUT2D eigenvalue weighted by Crippen LogP contribution is -3.15. The molecule has 29 heavy (non-hydrogen) atoms. The Labute approximate surface area is 174 Å². The molecule has 156 valence electrons. The minimum absolute atomic E-state index is 0.197. The van der Waals surface area contributed by atoms with E-state index in [9.17, 15) is 4.79 Å². The van der Waals surface area contributed by atoms with Crippen LogP contribution in [-0.4, -0.2) is 71.8 Å². The Morgan fingerprint density at radius 1 is 1.03 bits per heavy atom. The fraction of sp³-hybridized carbons (Fsp3) is 0.435. The number of nitrogens with one attached hydrogen (secondary N) is 1. The molecule has 0 spiro atoms. The van der Waals surface area contributed by atoms with Crippen molar-refractivity contribution in [2.24, 2.45) is 0 Å². The molecule has 1 heterocycles. The average Bonchev–Trinajstić information content (AvgIpc) is 2.74. The predicted molar refractivity (Wildman–Crippen MR) is 118 cm³/mol. The molecule has 3 rings (SSSR count). The normalized spacial score (nSPS) is 14.6. The van der Waals surface area contributed by atoms with E-state index < -0.39 is 0 Å². The minimum atomic E-state index is 0.197. The van der Waals surface area contributed by atoms with E-state index in [1.165, 1.54) is 10.6 Å². The lowest BCUT2D eigenvalue weighted by Gasteiger charge is -2.34. The first-order valence-electron chi connectivity index (χ1n) is 10.2. The van der Waals surface area contributed by atoms with Crippen molar-refractivity contribution in [1.82, 2.24) is 4.90 Å². The Morgan fingerprint density at radius 2 is 1.69 bits per heavy atom. The van der Waals surface area contributed by atoms with Gasteiger partial charge in [0.2, 0.25) is 0 Å². The monoisotopic (exact) mass is 397 g/mol. The van der Waals surface area contributed by atoms with Crippen LogP contribution in [0, 0.1) is 0 Å². The molecule has 1 aliphatic heterocycles. The lowest BCUT2D eigenvalue weighted by atomic mass is 10.2. The van der Waals surface area contributed by atoms with Gasteiger partial charge in [0.1, 0.15) is 5.75 Å². The van der Waals surface area contributed by atoms with Gasteiger partial charge in [0, 0.05) is 33.4 Å². The summed E-state index contributed by atoms with van der Waals surface area (Å²) in [5.41, 5.74) is 3.46. The van der Waals surface area contributed by atoms with Crippen molar-refractivity contribution >= 4 is 17.3 Å². The molecule has 1 saturated heterocycles. The van der Waals surface area contributed by atoms with Crippen LogP contribution in [0.3, 0.4) is 0 Å². The van der Waals surface area contributed by atoms with Gasteiger partial charge in [0.25, 0.3) is 5.91 Å². The Kier molecular flexibility index (Phi) is 6.99. The average molecular weight is 398 g/mol. The summed E-state index contributed by atoms with van der Waals surface area (Å²) < 4.78 is 5.49. The number of para-hydroxylation sites is 2. The molecule has 0 radical (unpaired) electrons. The molecule has 1 fully saturated rings. The number of carbonyl (C=O) groups excluding carboxylic acids is 1. The topological polar surface area (TPSA) is 40.5 Å². The molecule has 0 aromatic heterocycles. The van der Waals surface area contributed by atoms with Crippen molar-refractivity contribution in [2.45, 2.75) is 6.54 Å². The first kappa shape index (κ1) is 21.0. The van der Waals surface area contributed by atoms with Gasteiger partial charge in [-0.25, -0.2) is 0 Å². The van der Waals surface area contributed by atoms with E-state index in [2.05, 4.69) is 40.1 Å². The number of anilines is 2. The maximum atomic E-state index is 12.7. The van der Waals surface area contributed by atoms with Gasteiger partial charge in [-0.15, -0.1) is 0 Å². The summed E-state index contributed by atoms with van der Waals surface area (Å²) in [6, 6.07) is 16.5. The summed E-state index contributed by atoms with van der Waals surface area (Å²) in [4.78, 5) is 20.3. The van der Waals surface area contributed by atoms with Crippen molar-refractivity contribution in [3.63, 3.8) is 0 Å². The summed E-state index contributed by atoms with van der Waals surface area (Å²) >= 11 is 0. The number of ether oxygens (including phenoxy) is 1. The molecule has 2 aromatic carbocycles. The van der Waals surface area contributed by atoms with Gasteiger partial charge < -0.3 is 24.3 Å². The van der Waals surface area contributed by atoms with Gasteiger partial charge in [-0.3, -0.25) is 4.79 Å². The summed E-state index contributed by atoms with van der Waals surface area (Å²) in [6.07, 6.45) is 0. The van der Waals surface area contributed by atoms with Crippen LogP contribution in [0.15, 0.2) is 48.5 Å². The number of methoxy groups -OCH3 is 1. The molecule has 6 nitrogen and oxygen atoms in total. The van der Waals surface area contributed by atoms with E-state index in [0.29, 0.717) is 13.1 Å². The molecule has 1 N–H and O–H groups in total. The first-order chi connectivity index (χ1) is 14.0. The maximum absolute atomic E-state index is 12.7.